The Kier molecular flexibility index (Phi) is 33.1. The van der Waals surface area contributed by atoms with Crippen LogP contribution in [0.3, 0.4) is 0 Å². The number of aliphatic hydroxyl groups is 13. The van der Waals surface area contributed by atoms with E-state index in [1.807, 2.05) is 0 Å². The Morgan fingerprint density at radius 1 is 0.320 bits per heavy atom. The zero-order valence-electron chi connectivity index (χ0n) is 45.1. The van der Waals surface area contributed by atoms with Gasteiger partial charge >= 0.3 is 0 Å². The molecule has 0 bridgehead atoms. The van der Waals surface area contributed by atoms with Gasteiger partial charge in [-0.05, 0) is 18.8 Å². The Hall–Kier alpha value is -0.840. The van der Waals surface area contributed by atoms with Crippen LogP contribution in [0.5, 0.6) is 0 Å². The summed E-state index contributed by atoms with van der Waals surface area (Å²) in [6.07, 6.45) is -2.15. The Balaban J connectivity index is 1.36. The second-order valence-corrected chi connectivity index (χ2v) is 21.8. The highest BCUT2D eigenvalue weighted by Crippen LogP contribution is 2.33. The Morgan fingerprint density at radius 2 is 0.627 bits per heavy atom. The average Bonchev–Trinajstić information content (AvgIpc) is 3.41. The molecule has 0 saturated carbocycles. The van der Waals surface area contributed by atoms with E-state index in [-0.39, 0.29) is 12.5 Å². The monoisotopic (exact) mass is 1090 g/mol. The summed E-state index contributed by atoms with van der Waals surface area (Å²) in [5.41, 5.74) is 0. The molecule has 0 unspecified atom stereocenters. The molecule has 0 aliphatic carbocycles. The fourth-order valence-electron chi connectivity index (χ4n) is 10.5. The van der Waals surface area contributed by atoms with E-state index in [1.54, 1.807) is 0 Å². The van der Waals surface area contributed by atoms with Gasteiger partial charge in [0.25, 0.3) is 0 Å². The van der Waals surface area contributed by atoms with E-state index in [2.05, 4.69) is 13.8 Å². The predicted molar refractivity (Wildman–Crippen MR) is 272 cm³/mol. The molecule has 75 heavy (non-hydrogen) atoms. The summed E-state index contributed by atoms with van der Waals surface area (Å²) in [7, 11) is 0. The standard InChI is InChI=1S/C54H102O21/c1-3-5-7-9-11-13-15-17-19-21-23-25-27-34(28-26-24-22-20-18-16-14-12-10-8-6-4-2)31-68-51-47(65)44(62)41(59)37(73-51)32-69-53-49(67)45(63)50(75-54-48(66)43(61)40(58)36(30-56)72-54)38(74-53)33-70-52-46(64)42(60)39(57)35(29-55)71-52/h34-67H,3-33H2,1-2H3/t35-,36-,37-,38-,39+,40-,41+,42+,43+,44+,45-,46-,47-,48+,49-,50+,51-,52+,53-,54-/m1/s1. The zero-order valence-corrected chi connectivity index (χ0v) is 45.1. The Bertz CT molecular complexity index is 1390. The van der Waals surface area contributed by atoms with Crippen LogP contribution in [0.25, 0.3) is 0 Å². The van der Waals surface area contributed by atoms with Gasteiger partial charge in [0.1, 0.15) is 97.7 Å². The highest BCUT2D eigenvalue weighted by atomic mass is 16.8. The predicted octanol–water partition coefficient (Wildman–Crippen LogP) is 2.07. The lowest BCUT2D eigenvalue weighted by molar-refractivity contribution is -0.371. The lowest BCUT2D eigenvalue weighted by Gasteiger charge is -2.47. The Morgan fingerprint density at radius 3 is 1.04 bits per heavy atom. The van der Waals surface area contributed by atoms with Crippen molar-refractivity contribution in [2.75, 3.05) is 33.0 Å². The fraction of sp³-hybridized carbons (Fsp3) is 1.00. The molecule has 4 aliphatic heterocycles. The first-order chi connectivity index (χ1) is 36.2. The Labute approximate surface area is 445 Å². The van der Waals surface area contributed by atoms with Crippen LogP contribution in [0.4, 0.5) is 0 Å². The molecule has 4 rings (SSSR count). The van der Waals surface area contributed by atoms with Crippen molar-refractivity contribution in [1.29, 1.82) is 0 Å². The van der Waals surface area contributed by atoms with Crippen LogP contribution in [-0.2, 0) is 37.9 Å². The molecule has 20 atom stereocenters. The van der Waals surface area contributed by atoms with Crippen LogP contribution in [0.2, 0.25) is 0 Å². The molecule has 4 heterocycles. The molecule has 13 N–H and O–H groups in total. The van der Waals surface area contributed by atoms with Crippen LogP contribution in [0, 0.1) is 5.92 Å². The second kappa shape index (κ2) is 37.2. The molecule has 444 valence electrons. The van der Waals surface area contributed by atoms with Crippen LogP contribution >= 0.6 is 0 Å². The maximum atomic E-state index is 11.5. The van der Waals surface area contributed by atoms with E-state index in [9.17, 15) is 66.4 Å². The maximum Gasteiger partial charge on any atom is 0.187 e. The smallest absolute Gasteiger partial charge is 0.187 e. The van der Waals surface area contributed by atoms with Crippen molar-refractivity contribution in [2.45, 2.75) is 304 Å². The van der Waals surface area contributed by atoms with Crippen molar-refractivity contribution < 1.29 is 104 Å². The SMILES string of the molecule is CCCCCCCCCCCCCCC(CCCCCCCCCCCCCC)CO[C@@H]1O[C@H](CO[C@@H]2O[C@H](CO[C@H]3O[C@H](CO)[C@H](O)[C@H](O)[C@H]3O)[C@H](O[C@H]3O[C@H](CO)[C@@H](O)[C@H](O)[C@@H]3O)[C@H](O)[C@H]2O)[C@H](O)[C@H](O)[C@H]1O. The van der Waals surface area contributed by atoms with Crippen molar-refractivity contribution in [3.63, 3.8) is 0 Å². The number of hydrogen-bond acceptors (Lipinski definition) is 21. The number of unbranched alkanes of at least 4 members (excludes halogenated alkanes) is 22. The number of hydrogen-bond donors (Lipinski definition) is 13. The molecule has 4 saturated heterocycles. The minimum atomic E-state index is -1.97. The van der Waals surface area contributed by atoms with Crippen molar-refractivity contribution in [1.82, 2.24) is 0 Å². The molecule has 0 aromatic carbocycles. The summed E-state index contributed by atoms with van der Waals surface area (Å²) in [6.45, 7) is 1.87. The zero-order chi connectivity index (χ0) is 54.7. The molecular weight excluding hydrogens is 985 g/mol. The van der Waals surface area contributed by atoms with Gasteiger partial charge in [0.15, 0.2) is 25.2 Å². The summed E-state index contributed by atoms with van der Waals surface area (Å²) in [5, 5.41) is 138. The van der Waals surface area contributed by atoms with E-state index in [4.69, 9.17) is 37.9 Å². The summed E-state index contributed by atoms with van der Waals surface area (Å²) >= 11 is 0. The topological polar surface area (TPSA) is 337 Å². The van der Waals surface area contributed by atoms with Crippen molar-refractivity contribution in [3.05, 3.63) is 0 Å². The van der Waals surface area contributed by atoms with Gasteiger partial charge in [-0.3, -0.25) is 0 Å². The normalized spacial score (nSPS) is 36.6. The third-order valence-electron chi connectivity index (χ3n) is 15.6. The van der Waals surface area contributed by atoms with Crippen LogP contribution in [-0.4, -0.2) is 222 Å². The highest BCUT2D eigenvalue weighted by Gasteiger charge is 2.53. The van der Waals surface area contributed by atoms with Gasteiger partial charge in [-0.25, -0.2) is 0 Å². The first kappa shape index (κ1) is 66.7. The summed E-state index contributed by atoms with van der Waals surface area (Å²) in [4.78, 5) is 0. The molecule has 0 amide bonds. The first-order valence-corrected chi connectivity index (χ1v) is 29.0. The van der Waals surface area contributed by atoms with Gasteiger partial charge in [0.2, 0.25) is 0 Å². The largest absolute Gasteiger partial charge is 0.394 e. The third-order valence-corrected chi connectivity index (χ3v) is 15.6. The molecule has 21 heteroatoms. The van der Waals surface area contributed by atoms with Gasteiger partial charge in [-0.2, -0.15) is 0 Å². The minimum absolute atomic E-state index is 0.165. The van der Waals surface area contributed by atoms with E-state index in [1.165, 1.54) is 128 Å². The van der Waals surface area contributed by atoms with Gasteiger partial charge < -0.3 is 104 Å². The van der Waals surface area contributed by atoms with Gasteiger partial charge in [-0.15, -0.1) is 0 Å². The summed E-state index contributed by atoms with van der Waals surface area (Å²) < 4.78 is 46.5. The van der Waals surface area contributed by atoms with Crippen molar-refractivity contribution in [2.24, 2.45) is 5.92 Å². The summed E-state index contributed by atoms with van der Waals surface area (Å²) in [5.74, 6) is 0.165. The number of ether oxygens (including phenoxy) is 8. The second-order valence-electron chi connectivity index (χ2n) is 21.8. The number of aliphatic hydroxyl groups excluding tert-OH is 13. The molecule has 0 aromatic rings. The van der Waals surface area contributed by atoms with E-state index >= 15 is 0 Å². The molecule has 0 aromatic heterocycles. The molecule has 0 radical (unpaired) electrons. The third kappa shape index (κ3) is 21.9. The van der Waals surface area contributed by atoms with Crippen LogP contribution in [0.15, 0.2) is 0 Å². The van der Waals surface area contributed by atoms with E-state index in [0.717, 1.165) is 38.5 Å². The first-order valence-electron chi connectivity index (χ1n) is 29.0. The summed E-state index contributed by atoms with van der Waals surface area (Å²) in [6, 6.07) is 0. The average molecular weight is 1090 g/mol. The minimum Gasteiger partial charge on any atom is -0.394 e. The van der Waals surface area contributed by atoms with Crippen LogP contribution in [0.1, 0.15) is 181 Å². The highest BCUT2D eigenvalue weighted by molar-refractivity contribution is 4.96. The maximum absolute atomic E-state index is 11.5. The van der Waals surface area contributed by atoms with Gasteiger partial charge in [0.05, 0.1) is 33.0 Å². The molecule has 4 fully saturated rings. The quantitative estimate of drug-likeness (QED) is 0.0392. The van der Waals surface area contributed by atoms with E-state index in [0.29, 0.717) is 0 Å². The molecular formula is C54H102O21. The number of rotatable bonds is 39. The van der Waals surface area contributed by atoms with E-state index < -0.39 is 149 Å². The van der Waals surface area contributed by atoms with Crippen LogP contribution < -0.4 is 0 Å². The molecule has 21 nitrogen and oxygen atoms in total. The van der Waals surface area contributed by atoms with Gasteiger partial charge in [0, 0.05) is 0 Å². The van der Waals surface area contributed by atoms with Crippen molar-refractivity contribution >= 4 is 0 Å². The lowest BCUT2D eigenvalue weighted by atomic mass is 9.94. The molecule has 0 spiro atoms. The van der Waals surface area contributed by atoms with Gasteiger partial charge in [-0.1, -0.05) is 168 Å². The van der Waals surface area contributed by atoms with Crippen molar-refractivity contribution in [3.8, 4) is 0 Å². The lowest BCUT2D eigenvalue weighted by Crippen LogP contribution is -2.65. The molecule has 4 aliphatic rings. The fourth-order valence-corrected chi connectivity index (χ4v) is 10.5.